The van der Waals surface area contributed by atoms with Crippen molar-refractivity contribution in [3.05, 3.63) is 234 Å². The highest BCUT2D eigenvalue weighted by Crippen LogP contribution is 2.47. The number of pyridine rings is 1. The lowest BCUT2D eigenvalue weighted by Crippen LogP contribution is -2.09. The minimum absolute atomic E-state index is 0.185. The van der Waals surface area contributed by atoms with Crippen molar-refractivity contribution in [2.24, 2.45) is 0 Å². The average molecular weight is 1080 g/mol. The largest absolute Gasteiger partial charge is 0.457 e. The number of ether oxygens (including phenoxy) is 1. The molecule has 0 bridgehead atoms. The van der Waals surface area contributed by atoms with Crippen LogP contribution in [0.3, 0.4) is 0 Å². The van der Waals surface area contributed by atoms with E-state index < -0.39 is 0 Å². The zero-order valence-electron chi connectivity index (χ0n) is 48.5. The zero-order valence-corrected chi connectivity index (χ0v) is 48.5. The van der Waals surface area contributed by atoms with Gasteiger partial charge in [0, 0.05) is 27.4 Å². The maximum absolute atomic E-state index is 7.28. The lowest BCUT2D eigenvalue weighted by Gasteiger charge is -2.24. The van der Waals surface area contributed by atoms with Crippen LogP contribution in [0.5, 0.6) is 11.5 Å². The van der Waals surface area contributed by atoms with E-state index in [4.69, 9.17) is 24.1 Å². The summed E-state index contributed by atoms with van der Waals surface area (Å²) in [7, 11) is 0. The van der Waals surface area contributed by atoms with Crippen molar-refractivity contribution >= 4 is 65.7 Å². The van der Waals surface area contributed by atoms with Crippen LogP contribution in [0, 0.1) is 6.92 Å². The molecule has 0 radical (unpaired) electrons. The molecule has 0 atom stereocenters. The van der Waals surface area contributed by atoms with Gasteiger partial charge in [-0.25, -0.2) is 9.97 Å². The molecular weight excluding hydrogens is 1010 g/mol. The van der Waals surface area contributed by atoms with E-state index in [-0.39, 0.29) is 23.7 Å². The number of aromatic nitrogens is 5. The standard InChI is InChI=1S/C76H65N5O2/c1-44(2)58-37-53(49-21-12-10-13-22-49)38-59(45(3)4)72(58)80-69-29-18-16-27-67(69)78-75(80)52-25-20-26-55(35-52)82-56-41-64-63-36-51-32-34-66-57(33-31-48(9)77-66)62(51)43-71(63)83-74(64)65(42-56)76-79-68-28-17-19-30-70(68)81(76)73-60(46(5)6)39-54(40-61(73)47(7)8)50-23-14-11-15-24-50/h10-47H,1-9H3. The molecule has 0 saturated carbocycles. The van der Waals surface area contributed by atoms with Crippen LogP contribution < -0.4 is 4.74 Å². The first-order valence-corrected chi connectivity index (χ1v) is 29.3. The van der Waals surface area contributed by atoms with Crippen LogP contribution in [0.4, 0.5) is 0 Å². The van der Waals surface area contributed by atoms with E-state index in [1.165, 1.54) is 50.2 Å². The molecule has 0 amide bonds. The highest BCUT2D eigenvalue weighted by Gasteiger charge is 2.28. The second-order valence-electron chi connectivity index (χ2n) is 23.6. The number of benzene rings is 10. The smallest absolute Gasteiger partial charge is 0.149 e. The normalized spacial score (nSPS) is 12.1. The number of nitrogens with zero attached hydrogens (tertiary/aromatic N) is 5. The molecule has 0 aliphatic carbocycles. The topological polar surface area (TPSA) is 70.9 Å². The first kappa shape index (κ1) is 51.5. The summed E-state index contributed by atoms with van der Waals surface area (Å²) in [6.07, 6.45) is 0. The molecule has 0 aliphatic heterocycles. The van der Waals surface area contributed by atoms with Crippen molar-refractivity contribution in [2.75, 3.05) is 0 Å². The Morgan fingerprint density at radius 1 is 0.373 bits per heavy atom. The predicted octanol–water partition coefficient (Wildman–Crippen LogP) is 21.2. The van der Waals surface area contributed by atoms with Gasteiger partial charge in [-0.2, -0.15) is 0 Å². The second-order valence-corrected chi connectivity index (χ2v) is 23.6. The highest BCUT2D eigenvalue weighted by molar-refractivity contribution is 6.17. The Bertz CT molecular complexity index is 4790. The van der Waals surface area contributed by atoms with Crippen LogP contribution in [0.15, 0.2) is 211 Å². The third-order valence-corrected chi connectivity index (χ3v) is 16.7. The van der Waals surface area contributed by atoms with Gasteiger partial charge in [-0.05, 0) is 183 Å². The molecule has 0 N–H and O–H groups in total. The van der Waals surface area contributed by atoms with Crippen molar-refractivity contribution in [1.82, 2.24) is 24.1 Å². The molecule has 0 fully saturated rings. The fourth-order valence-corrected chi connectivity index (χ4v) is 12.6. The van der Waals surface area contributed by atoms with Crippen LogP contribution in [-0.2, 0) is 0 Å². The fraction of sp³-hybridized carbons (Fsp3) is 0.171. The van der Waals surface area contributed by atoms with Crippen molar-refractivity contribution in [1.29, 1.82) is 0 Å². The molecule has 14 rings (SSSR count). The van der Waals surface area contributed by atoms with E-state index in [2.05, 4.69) is 265 Å². The van der Waals surface area contributed by atoms with Crippen LogP contribution in [0.1, 0.15) is 107 Å². The molecule has 0 saturated heterocycles. The Morgan fingerprint density at radius 3 is 1.48 bits per heavy atom. The molecular formula is C76H65N5O2. The molecule has 83 heavy (non-hydrogen) atoms. The molecule has 14 aromatic rings. The maximum atomic E-state index is 7.28. The molecule has 406 valence electrons. The molecule has 4 heterocycles. The first-order valence-electron chi connectivity index (χ1n) is 29.3. The zero-order chi connectivity index (χ0) is 56.8. The van der Waals surface area contributed by atoms with E-state index in [0.717, 1.165) is 99.8 Å². The number of hydrogen-bond acceptors (Lipinski definition) is 5. The van der Waals surface area contributed by atoms with Crippen LogP contribution in [-0.4, -0.2) is 24.1 Å². The number of para-hydroxylation sites is 4. The summed E-state index contributed by atoms with van der Waals surface area (Å²) in [6, 6.07) is 73.7. The third kappa shape index (κ3) is 8.94. The SMILES string of the molecule is Cc1ccc2c(ccc3cc4c(cc32)oc2c(-c3nc5ccccc5n3-c3c(C(C)C)cc(-c5ccccc5)cc3C(C)C)cc(Oc3cccc(-c5nc6ccccc6n5-c5c(C(C)C)cc(-c6ccccc6)cc5C(C)C)c3)cc24)n1. The summed E-state index contributed by atoms with van der Waals surface area (Å²) in [5.74, 6) is 3.79. The van der Waals surface area contributed by atoms with Gasteiger partial charge >= 0.3 is 0 Å². The Labute approximate surface area is 484 Å². The van der Waals surface area contributed by atoms with E-state index in [1.54, 1.807) is 0 Å². The minimum atomic E-state index is 0.185. The van der Waals surface area contributed by atoms with E-state index >= 15 is 0 Å². The van der Waals surface area contributed by atoms with E-state index in [0.29, 0.717) is 11.5 Å². The Kier molecular flexibility index (Phi) is 12.7. The minimum Gasteiger partial charge on any atom is -0.457 e. The molecule has 0 unspecified atom stereocenters. The molecule has 0 spiro atoms. The van der Waals surface area contributed by atoms with Crippen molar-refractivity contribution < 1.29 is 9.15 Å². The molecule has 10 aromatic carbocycles. The molecule has 7 nitrogen and oxygen atoms in total. The monoisotopic (exact) mass is 1080 g/mol. The summed E-state index contributed by atoms with van der Waals surface area (Å²) in [4.78, 5) is 16.0. The van der Waals surface area contributed by atoms with Crippen molar-refractivity contribution in [3.8, 4) is 67.9 Å². The first-order chi connectivity index (χ1) is 40.3. The second kappa shape index (κ2) is 20.4. The van der Waals surface area contributed by atoms with Gasteiger partial charge < -0.3 is 9.15 Å². The third-order valence-electron chi connectivity index (χ3n) is 16.7. The van der Waals surface area contributed by atoms with Gasteiger partial charge in [-0.1, -0.05) is 165 Å². The summed E-state index contributed by atoms with van der Waals surface area (Å²) >= 11 is 0. The predicted molar refractivity (Wildman–Crippen MR) is 345 cm³/mol. The van der Waals surface area contributed by atoms with E-state index in [9.17, 15) is 0 Å². The Balaban J connectivity index is 0.990. The van der Waals surface area contributed by atoms with Crippen molar-refractivity contribution in [2.45, 2.75) is 86.0 Å². The number of fused-ring (bicyclic) bond motifs is 8. The van der Waals surface area contributed by atoms with Crippen LogP contribution >= 0.6 is 0 Å². The number of rotatable bonds is 12. The van der Waals surface area contributed by atoms with E-state index in [1.807, 2.05) is 13.0 Å². The van der Waals surface area contributed by atoms with Gasteiger partial charge in [0.25, 0.3) is 0 Å². The summed E-state index contributed by atoms with van der Waals surface area (Å²) in [5, 5.41) is 5.20. The molecule has 7 heteroatoms. The van der Waals surface area contributed by atoms with Gasteiger partial charge in [-0.15, -0.1) is 0 Å². The van der Waals surface area contributed by atoms with Gasteiger partial charge in [0.05, 0.1) is 44.5 Å². The number of imidazole rings is 2. The maximum Gasteiger partial charge on any atom is 0.149 e. The number of furan rings is 1. The summed E-state index contributed by atoms with van der Waals surface area (Å²) < 4.78 is 19.3. The Hall–Kier alpha value is -9.59. The summed E-state index contributed by atoms with van der Waals surface area (Å²) in [5.41, 5.74) is 21.3. The van der Waals surface area contributed by atoms with Gasteiger partial charge in [0.15, 0.2) is 0 Å². The summed E-state index contributed by atoms with van der Waals surface area (Å²) in [6.45, 7) is 20.4. The fourth-order valence-electron chi connectivity index (χ4n) is 12.6. The van der Waals surface area contributed by atoms with Crippen LogP contribution in [0.25, 0.3) is 122 Å². The van der Waals surface area contributed by atoms with Crippen molar-refractivity contribution in [3.63, 3.8) is 0 Å². The van der Waals surface area contributed by atoms with Gasteiger partial charge in [0.1, 0.15) is 34.3 Å². The van der Waals surface area contributed by atoms with Gasteiger partial charge in [0.2, 0.25) is 0 Å². The lowest BCUT2D eigenvalue weighted by atomic mass is 9.88. The van der Waals surface area contributed by atoms with Crippen LogP contribution in [0.2, 0.25) is 0 Å². The number of aryl methyl sites for hydroxylation is 1. The number of hydrogen-bond donors (Lipinski definition) is 0. The van der Waals surface area contributed by atoms with Gasteiger partial charge in [-0.3, -0.25) is 14.1 Å². The Morgan fingerprint density at radius 2 is 0.904 bits per heavy atom. The molecule has 4 aromatic heterocycles. The lowest BCUT2D eigenvalue weighted by molar-refractivity contribution is 0.483. The average Bonchev–Trinajstić information content (AvgIpc) is 3.97. The molecule has 0 aliphatic rings. The quantitative estimate of drug-likeness (QED) is 0.114. The highest BCUT2D eigenvalue weighted by atomic mass is 16.5.